The van der Waals surface area contributed by atoms with E-state index in [9.17, 15) is 5.26 Å². The third-order valence-electron chi connectivity index (χ3n) is 2.61. The maximum atomic E-state index is 9.41. The fraction of sp³-hybridized carbons (Fsp3) is 0.154. The topological polar surface area (TPSA) is 61.6 Å². The molecule has 1 heterocycles. The van der Waals surface area contributed by atoms with Crippen molar-refractivity contribution in [1.82, 2.24) is 9.97 Å². The molecule has 1 aromatic heterocycles. The van der Waals surface area contributed by atoms with Crippen molar-refractivity contribution in [2.24, 2.45) is 0 Å². The van der Waals surface area contributed by atoms with E-state index in [1.165, 1.54) is 0 Å². The summed E-state index contributed by atoms with van der Waals surface area (Å²) < 4.78 is 0.763. The molecular weight excluding hydrogens is 328 g/mol. The molecule has 2 aromatic rings. The summed E-state index contributed by atoms with van der Waals surface area (Å²) in [6, 6.07) is 7.59. The molecule has 0 saturated carbocycles. The fourth-order valence-corrected chi connectivity index (χ4v) is 2.07. The van der Waals surface area contributed by atoms with Crippen LogP contribution in [-0.2, 0) is 5.54 Å². The first-order valence-electron chi connectivity index (χ1n) is 5.46. The number of aromatic nitrogens is 2. The monoisotopic (exact) mass is 336 g/mol. The highest BCUT2D eigenvalue weighted by atomic mass is 79.9. The van der Waals surface area contributed by atoms with Gasteiger partial charge in [0.25, 0.3) is 0 Å². The molecule has 0 saturated heterocycles. The first-order chi connectivity index (χ1) is 9.05. The second kappa shape index (κ2) is 5.55. The molecule has 0 fully saturated rings. The van der Waals surface area contributed by atoms with Gasteiger partial charge in [0.05, 0.1) is 23.0 Å². The van der Waals surface area contributed by atoms with E-state index in [0.29, 0.717) is 10.7 Å². The number of hydrogen-bond acceptors (Lipinski definition) is 4. The van der Waals surface area contributed by atoms with Crippen LogP contribution in [0.2, 0.25) is 5.02 Å². The predicted octanol–water partition coefficient (Wildman–Crippen LogP) is 3.74. The summed E-state index contributed by atoms with van der Waals surface area (Å²) in [6.07, 6.45) is 4.70. The lowest BCUT2D eigenvalue weighted by atomic mass is 10.00. The molecule has 1 atom stereocenters. The van der Waals surface area contributed by atoms with E-state index in [4.69, 9.17) is 11.6 Å². The second-order valence-corrected chi connectivity index (χ2v) is 5.34. The third kappa shape index (κ3) is 3.03. The Kier molecular flexibility index (Phi) is 4.03. The highest BCUT2D eigenvalue weighted by Crippen LogP contribution is 2.29. The Morgan fingerprint density at radius 3 is 2.79 bits per heavy atom. The van der Waals surface area contributed by atoms with E-state index in [0.717, 1.165) is 10.2 Å². The lowest BCUT2D eigenvalue weighted by Crippen LogP contribution is -2.31. The van der Waals surface area contributed by atoms with Gasteiger partial charge in [-0.25, -0.2) is 0 Å². The molecule has 19 heavy (non-hydrogen) atoms. The summed E-state index contributed by atoms with van der Waals surface area (Å²) in [5.74, 6) is 0. The van der Waals surface area contributed by atoms with Crippen LogP contribution in [0, 0.1) is 11.3 Å². The zero-order chi connectivity index (χ0) is 13.9. The van der Waals surface area contributed by atoms with Crippen molar-refractivity contribution in [2.45, 2.75) is 12.5 Å². The molecule has 0 aliphatic heterocycles. The van der Waals surface area contributed by atoms with Crippen molar-refractivity contribution in [2.75, 3.05) is 5.32 Å². The number of nitriles is 1. The van der Waals surface area contributed by atoms with Crippen molar-refractivity contribution in [1.29, 1.82) is 5.26 Å². The normalized spacial score (nSPS) is 13.4. The van der Waals surface area contributed by atoms with Crippen LogP contribution in [-0.4, -0.2) is 9.97 Å². The highest BCUT2D eigenvalue weighted by molar-refractivity contribution is 9.10. The molecule has 0 spiro atoms. The maximum Gasteiger partial charge on any atom is 0.166 e. The van der Waals surface area contributed by atoms with Crippen LogP contribution < -0.4 is 5.32 Å². The van der Waals surface area contributed by atoms with Gasteiger partial charge in [-0.2, -0.15) is 5.26 Å². The van der Waals surface area contributed by atoms with Gasteiger partial charge in [-0.05, 0) is 41.1 Å². The summed E-state index contributed by atoms with van der Waals surface area (Å²) in [4.78, 5) is 8.16. The standard InChI is InChI=1S/C13H10BrClN4/c1-13(8-16,12-7-17-4-5-18-12)19-9-2-3-11(15)10(14)6-9/h2-7,19H,1H3. The molecule has 0 radical (unpaired) electrons. The van der Waals surface area contributed by atoms with Gasteiger partial charge in [-0.1, -0.05) is 11.6 Å². The summed E-state index contributed by atoms with van der Waals surface area (Å²) in [6.45, 7) is 1.75. The van der Waals surface area contributed by atoms with Crippen LogP contribution >= 0.6 is 27.5 Å². The zero-order valence-corrected chi connectivity index (χ0v) is 12.4. The maximum absolute atomic E-state index is 9.41. The lowest BCUT2D eigenvalue weighted by molar-refractivity contribution is 0.672. The van der Waals surface area contributed by atoms with E-state index < -0.39 is 5.54 Å². The van der Waals surface area contributed by atoms with Crippen LogP contribution in [0.1, 0.15) is 12.6 Å². The number of rotatable bonds is 3. The number of nitrogens with zero attached hydrogens (tertiary/aromatic N) is 3. The van der Waals surface area contributed by atoms with Gasteiger partial charge < -0.3 is 5.32 Å². The molecule has 0 aliphatic carbocycles. The van der Waals surface area contributed by atoms with E-state index >= 15 is 0 Å². The van der Waals surface area contributed by atoms with Gasteiger partial charge in [0.2, 0.25) is 0 Å². The number of hydrogen-bond donors (Lipinski definition) is 1. The van der Waals surface area contributed by atoms with E-state index in [2.05, 4.69) is 37.3 Å². The Balaban J connectivity index is 2.34. The molecule has 4 nitrogen and oxygen atoms in total. The molecule has 0 bridgehead atoms. The number of halogens is 2. The molecule has 1 unspecified atom stereocenters. The molecule has 0 aliphatic rings. The third-order valence-corrected chi connectivity index (χ3v) is 3.83. The Bertz CT molecular complexity index is 626. The Hall–Kier alpha value is -1.64. The SMILES string of the molecule is CC(C#N)(Nc1ccc(Cl)c(Br)c1)c1cnccn1. The summed E-state index contributed by atoms with van der Waals surface area (Å²) in [5.41, 5.74) is 0.371. The van der Waals surface area contributed by atoms with Crippen LogP contribution in [0.15, 0.2) is 41.3 Å². The predicted molar refractivity (Wildman–Crippen MR) is 77.8 cm³/mol. The van der Waals surface area contributed by atoms with Crippen LogP contribution in [0.25, 0.3) is 0 Å². The van der Waals surface area contributed by atoms with Gasteiger partial charge >= 0.3 is 0 Å². The lowest BCUT2D eigenvalue weighted by Gasteiger charge is -2.23. The van der Waals surface area contributed by atoms with Crippen molar-refractivity contribution in [3.63, 3.8) is 0 Å². The van der Waals surface area contributed by atoms with Crippen LogP contribution in [0.5, 0.6) is 0 Å². The molecule has 2 rings (SSSR count). The second-order valence-electron chi connectivity index (χ2n) is 4.08. The number of benzene rings is 1. The van der Waals surface area contributed by atoms with Gasteiger partial charge in [0.15, 0.2) is 5.54 Å². The van der Waals surface area contributed by atoms with Crippen molar-refractivity contribution < 1.29 is 0 Å². The van der Waals surface area contributed by atoms with Crippen molar-refractivity contribution in [3.05, 3.63) is 52.0 Å². The zero-order valence-electron chi connectivity index (χ0n) is 10.1. The van der Waals surface area contributed by atoms with Crippen molar-refractivity contribution >= 4 is 33.2 Å². The summed E-state index contributed by atoms with van der Waals surface area (Å²) in [7, 11) is 0. The smallest absolute Gasteiger partial charge is 0.166 e. The molecule has 1 N–H and O–H groups in total. The van der Waals surface area contributed by atoms with Crippen LogP contribution in [0.4, 0.5) is 5.69 Å². The van der Waals surface area contributed by atoms with E-state index in [1.807, 2.05) is 6.07 Å². The molecule has 6 heteroatoms. The average molecular weight is 338 g/mol. The van der Waals surface area contributed by atoms with Gasteiger partial charge in [-0.3, -0.25) is 9.97 Å². The summed E-state index contributed by atoms with van der Waals surface area (Å²) in [5, 5.41) is 13.2. The summed E-state index contributed by atoms with van der Waals surface area (Å²) >= 11 is 9.29. The minimum atomic E-state index is -0.957. The largest absolute Gasteiger partial charge is 0.363 e. The minimum Gasteiger partial charge on any atom is -0.363 e. The fourth-order valence-electron chi connectivity index (χ4n) is 1.57. The molecular formula is C13H10BrClN4. The number of anilines is 1. The van der Waals surface area contributed by atoms with Crippen LogP contribution in [0.3, 0.4) is 0 Å². The van der Waals surface area contributed by atoms with Gasteiger partial charge in [0, 0.05) is 22.6 Å². The highest BCUT2D eigenvalue weighted by Gasteiger charge is 2.28. The van der Waals surface area contributed by atoms with Crippen molar-refractivity contribution in [3.8, 4) is 6.07 Å². The average Bonchev–Trinajstić information content (AvgIpc) is 2.44. The minimum absolute atomic E-state index is 0.559. The van der Waals surface area contributed by atoms with E-state index in [1.54, 1.807) is 37.6 Å². The quantitative estimate of drug-likeness (QED) is 0.926. The molecule has 1 aromatic carbocycles. The Morgan fingerprint density at radius 2 is 2.21 bits per heavy atom. The first-order valence-corrected chi connectivity index (χ1v) is 6.63. The Morgan fingerprint density at radius 1 is 1.42 bits per heavy atom. The first kappa shape index (κ1) is 13.8. The molecule has 96 valence electrons. The Labute approximate surface area is 124 Å². The molecule has 0 amide bonds. The number of nitrogens with one attached hydrogen (secondary N) is 1. The van der Waals surface area contributed by atoms with Gasteiger partial charge in [-0.15, -0.1) is 0 Å². The van der Waals surface area contributed by atoms with Gasteiger partial charge in [0.1, 0.15) is 0 Å². The van der Waals surface area contributed by atoms with E-state index in [-0.39, 0.29) is 0 Å².